The molecule has 0 N–H and O–H groups in total. The summed E-state index contributed by atoms with van der Waals surface area (Å²) in [6.07, 6.45) is 4.58. The number of carbonyl (C=O) groups excluding carboxylic acids is 1. The molecule has 3 heterocycles. The van der Waals surface area contributed by atoms with E-state index in [2.05, 4.69) is 25.0 Å². The number of aromatic nitrogens is 3. The van der Waals surface area contributed by atoms with Crippen LogP contribution in [0.1, 0.15) is 89.4 Å². The lowest BCUT2D eigenvalue weighted by molar-refractivity contribution is -0.166. The van der Waals surface area contributed by atoms with E-state index in [4.69, 9.17) is 33.8 Å². The van der Waals surface area contributed by atoms with Crippen LogP contribution in [0.3, 0.4) is 0 Å². The van der Waals surface area contributed by atoms with Crippen LogP contribution in [-0.2, 0) is 37.0 Å². The van der Waals surface area contributed by atoms with E-state index in [0.29, 0.717) is 65.8 Å². The van der Waals surface area contributed by atoms with Gasteiger partial charge >= 0.3 is 5.97 Å². The molecule has 1 fully saturated rings. The number of nitrogens with zero attached hydrogens (tertiary/aromatic N) is 4. The van der Waals surface area contributed by atoms with Crippen molar-refractivity contribution in [2.24, 2.45) is 0 Å². The smallest absolute Gasteiger partial charge is 0.340 e. The summed E-state index contributed by atoms with van der Waals surface area (Å²) < 4.78 is 46.1. The van der Waals surface area contributed by atoms with E-state index in [0.717, 1.165) is 12.8 Å². The van der Waals surface area contributed by atoms with Gasteiger partial charge in [-0.3, -0.25) is 0 Å². The molecule has 2 aromatic heterocycles. The standard InChI is InChI=1S/C37H51FN4O6/c1-10-13-25(4)47-30-15-14-28(38)21-27(30)23-44-24-29-22-31-39-26(5)32(33(35(43)45-12-3)48-36(6,7)8)34(42(31)40-29)41-18-16-37(9,17-19-41)46-20-11-2/h10-11,14-15,21-22,25,33H,1-2,12-13,16-20,23-24H2,3-9H3. The Morgan fingerprint density at radius 2 is 1.88 bits per heavy atom. The largest absolute Gasteiger partial charge is 0.490 e. The predicted molar refractivity (Wildman–Crippen MR) is 184 cm³/mol. The number of piperidine rings is 1. The fourth-order valence-corrected chi connectivity index (χ4v) is 5.78. The normalized spacial score (nSPS) is 16.0. The number of rotatable bonds is 16. The first-order valence-corrected chi connectivity index (χ1v) is 16.6. The number of halogens is 1. The predicted octanol–water partition coefficient (Wildman–Crippen LogP) is 7.22. The summed E-state index contributed by atoms with van der Waals surface area (Å²) in [5.74, 6) is 0.417. The Labute approximate surface area is 283 Å². The van der Waals surface area contributed by atoms with Gasteiger partial charge in [-0.05, 0) is 79.5 Å². The molecule has 1 aliphatic heterocycles. The first kappa shape index (κ1) is 37.0. The molecule has 2 unspecified atom stereocenters. The minimum Gasteiger partial charge on any atom is -0.490 e. The summed E-state index contributed by atoms with van der Waals surface area (Å²) in [5, 5.41) is 4.92. The first-order chi connectivity index (χ1) is 22.8. The highest BCUT2D eigenvalue weighted by Gasteiger charge is 2.38. The van der Waals surface area contributed by atoms with Crippen LogP contribution in [0.25, 0.3) is 5.65 Å². The first-order valence-electron chi connectivity index (χ1n) is 16.6. The van der Waals surface area contributed by atoms with E-state index < -0.39 is 17.7 Å². The summed E-state index contributed by atoms with van der Waals surface area (Å²) in [6.45, 7) is 23.2. The lowest BCUT2D eigenvalue weighted by Gasteiger charge is -2.41. The minimum atomic E-state index is -1.03. The third-order valence-corrected chi connectivity index (χ3v) is 8.12. The summed E-state index contributed by atoms with van der Waals surface area (Å²) in [5.41, 5.74) is 2.11. The number of benzene rings is 1. The number of esters is 1. The topological polar surface area (TPSA) is 96.7 Å². The molecule has 1 saturated heterocycles. The molecule has 0 bridgehead atoms. The number of anilines is 1. The van der Waals surface area contributed by atoms with Crippen molar-refractivity contribution in [2.45, 2.75) is 104 Å². The average molecular weight is 667 g/mol. The zero-order chi connectivity index (χ0) is 35.1. The third kappa shape index (κ3) is 9.42. The molecule has 0 aliphatic carbocycles. The van der Waals surface area contributed by atoms with Crippen molar-refractivity contribution in [1.82, 2.24) is 14.6 Å². The van der Waals surface area contributed by atoms with Gasteiger partial charge in [0.15, 0.2) is 11.8 Å². The molecule has 0 spiro atoms. The summed E-state index contributed by atoms with van der Waals surface area (Å²) in [6, 6.07) is 6.27. The monoisotopic (exact) mass is 666 g/mol. The van der Waals surface area contributed by atoms with E-state index in [-0.39, 0.29) is 37.3 Å². The van der Waals surface area contributed by atoms with Gasteiger partial charge in [-0.15, -0.1) is 13.2 Å². The molecular weight excluding hydrogens is 615 g/mol. The van der Waals surface area contributed by atoms with Gasteiger partial charge in [-0.2, -0.15) is 9.61 Å². The Hall–Kier alpha value is -3.80. The molecule has 0 amide bonds. The van der Waals surface area contributed by atoms with E-state index >= 15 is 0 Å². The zero-order valence-corrected chi connectivity index (χ0v) is 29.5. The van der Waals surface area contributed by atoms with Gasteiger partial charge in [0.1, 0.15) is 17.4 Å². The Kier molecular flexibility index (Phi) is 12.4. The van der Waals surface area contributed by atoms with Gasteiger partial charge in [0.05, 0.1) is 55.0 Å². The van der Waals surface area contributed by atoms with Gasteiger partial charge < -0.3 is 28.6 Å². The molecule has 4 rings (SSSR count). The maximum absolute atomic E-state index is 14.2. The van der Waals surface area contributed by atoms with Gasteiger partial charge in [0.2, 0.25) is 0 Å². The molecule has 3 aromatic rings. The minimum absolute atomic E-state index is 0.117. The number of aryl methyl sites for hydroxylation is 1. The highest BCUT2D eigenvalue weighted by molar-refractivity contribution is 5.80. The SMILES string of the molecule is C=CCOC1(C)CCN(c2c(C(OC(C)(C)C)C(=O)OCC)c(C)nc3cc(COCc4cc(F)ccc4OC(C)CC=C)nn23)CC1. The van der Waals surface area contributed by atoms with Gasteiger partial charge in [0.25, 0.3) is 0 Å². The van der Waals surface area contributed by atoms with Crippen LogP contribution in [0.4, 0.5) is 10.2 Å². The summed E-state index contributed by atoms with van der Waals surface area (Å²) in [4.78, 5) is 20.6. The average Bonchev–Trinajstić information content (AvgIpc) is 3.42. The molecule has 48 heavy (non-hydrogen) atoms. The molecule has 2 atom stereocenters. The van der Waals surface area contributed by atoms with Gasteiger partial charge in [-0.25, -0.2) is 14.2 Å². The van der Waals surface area contributed by atoms with E-state index in [1.165, 1.54) is 12.1 Å². The van der Waals surface area contributed by atoms with Crippen LogP contribution in [-0.4, -0.2) is 64.2 Å². The van der Waals surface area contributed by atoms with Crippen LogP contribution < -0.4 is 9.64 Å². The van der Waals surface area contributed by atoms with Crippen molar-refractivity contribution in [3.8, 4) is 5.75 Å². The van der Waals surface area contributed by atoms with Crippen LogP contribution in [0.15, 0.2) is 49.6 Å². The lowest BCUT2D eigenvalue weighted by atomic mass is 9.92. The summed E-state index contributed by atoms with van der Waals surface area (Å²) in [7, 11) is 0. The summed E-state index contributed by atoms with van der Waals surface area (Å²) >= 11 is 0. The molecule has 1 aromatic carbocycles. The molecule has 262 valence electrons. The van der Waals surface area contributed by atoms with Crippen molar-refractivity contribution in [3.05, 3.63) is 77.9 Å². The zero-order valence-electron chi connectivity index (χ0n) is 29.5. The second-order valence-corrected chi connectivity index (χ2v) is 13.4. The lowest BCUT2D eigenvalue weighted by Crippen LogP contribution is -2.45. The van der Waals surface area contributed by atoms with Crippen molar-refractivity contribution in [2.75, 3.05) is 31.2 Å². The number of carbonyl (C=O) groups is 1. The van der Waals surface area contributed by atoms with E-state index in [1.54, 1.807) is 29.7 Å². The van der Waals surface area contributed by atoms with E-state index in [1.807, 2.05) is 40.7 Å². The Bertz CT molecular complexity index is 1570. The van der Waals surface area contributed by atoms with Crippen molar-refractivity contribution in [1.29, 1.82) is 0 Å². The maximum Gasteiger partial charge on any atom is 0.340 e. The second-order valence-electron chi connectivity index (χ2n) is 13.4. The van der Waals surface area contributed by atoms with Gasteiger partial charge in [-0.1, -0.05) is 12.2 Å². The third-order valence-electron chi connectivity index (χ3n) is 8.12. The van der Waals surface area contributed by atoms with Crippen LogP contribution in [0.5, 0.6) is 5.75 Å². The molecular formula is C37H51FN4O6. The molecule has 0 saturated carbocycles. The number of hydrogen-bond donors (Lipinski definition) is 0. The van der Waals surface area contributed by atoms with E-state index in [9.17, 15) is 9.18 Å². The Morgan fingerprint density at radius 1 is 1.15 bits per heavy atom. The fourth-order valence-electron chi connectivity index (χ4n) is 5.78. The Morgan fingerprint density at radius 3 is 2.52 bits per heavy atom. The fraction of sp³-hybridized carbons (Fsp3) is 0.541. The highest BCUT2D eigenvalue weighted by Crippen LogP contribution is 2.38. The molecule has 1 aliphatic rings. The highest BCUT2D eigenvalue weighted by atomic mass is 19.1. The van der Waals surface area contributed by atoms with Crippen LogP contribution in [0, 0.1) is 12.7 Å². The van der Waals surface area contributed by atoms with Crippen molar-refractivity contribution >= 4 is 17.4 Å². The van der Waals surface area contributed by atoms with Crippen LogP contribution >= 0.6 is 0 Å². The molecule has 11 heteroatoms. The number of hydrogen-bond acceptors (Lipinski definition) is 9. The molecule has 10 nitrogen and oxygen atoms in total. The van der Waals surface area contributed by atoms with Crippen molar-refractivity contribution in [3.63, 3.8) is 0 Å². The molecule has 0 radical (unpaired) electrons. The van der Waals surface area contributed by atoms with Crippen LogP contribution in [0.2, 0.25) is 0 Å². The van der Waals surface area contributed by atoms with Crippen molar-refractivity contribution < 1.29 is 32.9 Å². The maximum atomic E-state index is 14.2. The van der Waals surface area contributed by atoms with Gasteiger partial charge in [0, 0.05) is 36.8 Å². The number of fused-ring (bicyclic) bond motifs is 1. The second kappa shape index (κ2) is 16.1. The Balaban J connectivity index is 1.70. The quantitative estimate of drug-likeness (QED) is 0.116. The number of ether oxygens (including phenoxy) is 5.